The fourth-order valence-electron chi connectivity index (χ4n) is 2.24. The van der Waals surface area contributed by atoms with E-state index in [1.54, 1.807) is 6.08 Å². The van der Waals surface area contributed by atoms with Crippen LogP contribution in [0.1, 0.15) is 84.0 Å². The van der Waals surface area contributed by atoms with Crippen molar-refractivity contribution in [2.45, 2.75) is 90.1 Å². The molecular weight excluding hydrogens is 232 g/mol. The largest absolute Gasteiger partial charge is 0.385 e. The van der Waals surface area contributed by atoms with E-state index in [0.29, 0.717) is 0 Å². The zero-order valence-electron chi connectivity index (χ0n) is 12.9. The minimum atomic E-state index is -0.465. The van der Waals surface area contributed by atoms with Crippen molar-refractivity contribution in [1.82, 2.24) is 0 Å². The van der Waals surface area contributed by atoms with Crippen LogP contribution in [0.15, 0.2) is 24.8 Å². The lowest BCUT2D eigenvalue weighted by molar-refractivity contribution is 0.271. The first-order valence-electron chi connectivity index (χ1n) is 8.28. The fourth-order valence-corrected chi connectivity index (χ4v) is 2.24. The summed E-state index contributed by atoms with van der Waals surface area (Å²) in [5, 5.41) is 9.23. The topological polar surface area (TPSA) is 20.2 Å². The molecule has 1 atom stereocenters. The van der Waals surface area contributed by atoms with E-state index in [1.807, 2.05) is 6.08 Å². The van der Waals surface area contributed by atoms with Gasteiger partial charge in [-0.25, -0.2) is 0 Å². The third kappa shape index (κ3) is 15.4. The van der Waals surface area contributed by atoms with Crippen molar-refractivity contribution in [3.05, 3.63) is 24.8 Å². The van der Waals surface area contributed by atoms with Crippen molar-refractivity contribution in [2.24, 2.45) is 0 Å². The van der Waals surface area contributed by atoms with E-state index in [-0.39, 0.29) is 0 Å². The summed E-state index contributed by atoms with van der Waals surface area (Å²) in [5.74, 6) is 0. The Morgan fingerprint density at radius 1 is 0.842 bits per heavy atom. The second-order valence-corrected chi connectivity index (χ2v) is 5.48. The summed E-state index contributed by atoms with van der Waals surface area (Å²) in [6, 6.07) is 0. The van der Waals surface area contributed by atoms with Crippen LogP contribution in [-0.4, -0.2) is 11.2 Å². The van der Waals surface area contributed by atoms with Crippen molar-refractivity contribution in [2.75, 3.05) is 0 Å². The highest BCUT2D eigenvalue weighted by Gasteiger charge is 1.93. The van der Waals surface area contributed by atoms with Gasteiger partial charge in [0, 0.05) is 0 Å². The number of allylic oxidation sites excluding steroid dienone is 1. The maximum absolute atomic E-state index is 9.23. The number of aliphatic hydroxyl groups excluding tert-OH is 1. The molecule has 0 bridgehead atoms. The molecule has 0 aliphatic heterocycles. The Labute approximate surface area is 120 Å². The standard InChI is InChI=1S/C18H34O/c1-3-5-6-7-8-9-10-11-12-13-14-15-16-17-18(19)4-2/h4,16-19H,2-3,5-15H2,1H3/b17-16+. The summed E-state index contributed by atoms with van der Waals surface area (Å²) in [6.45, 7) is 5.81. The molecule has 0 heterocycles. The van der Waals surface area contributed by atoms with Crippen LogP contribution in [0.4, 0.5) is 0 Å². The van der Waals surface area contributed by atoms with Crippen molar-refractivity contribution in [3.63, 3.8) is 0 Å². The lowest BCUT2D eigenvalue weighted by Crippen LogP contribution is -1.93. The van der Waals surface area contributed by atoms with Crippen molar-refractivity contribution in [1.29, 1.82) is 0 Å². The van der Waals surface area contributed by atoms with Gasteiger partial charge < -0.3 is 5.11 Å². The molecule has 0 aromatic heterocycles. The van der Waals surface area contributed by atoms with Crippen LogP contribution in [0.2, 0.25) is 0 Å². The van der Waals surface area contributed by atoms with Crippen molar-refractivity contribution < 1.29 is 5.11 Å². The summed E-state index contributed by atoms with van der Waals surface area (Å²) in [7, 11) is 0. The quantitative estimate of drug-likeness (QED) is 0.311. The molecule has 1 heteroatoms. The highest BCUT2D eigenvalue weighted by Crippen LogP contribution is 2.12. The van der Waals surface area contributed by atoms with E-state index in [1.165, 1.54) is 70.6 Å². The van der Waals surface area contributed by atoms with Gasteiger partial charge in [-0.3, -0.25) is 0 Å². The monoisotopic (exact) mass is 266 g/mol. The number of hydrogen-bond acceptors (Lipinski definition) is 1. The molecule has 0 amide bonds. The van der Waals surface area contributed by atoms with Crippen molar-refractivity contribution >= 4 is 0 Å². The van der Waals surface area contributed by atoms with E-state index >= 15 is 0 Å². The Morgan fingerprint density at radius 2 is 1.32 bits per heavy atom. The van der Waals surface area contributed by atoms with Gasteiger partial charge in [-0.15, -0.1) is 6.58 Å². The predicted molar refractivity (Wildman–Crippen MR) is 86.4 cm³/mol. The molecule has 112 valence electrons. The van der Waals surface area contributed by atoms with Crippen molar-refractivity contribution in [3.8, 4) is 0 Å². The molecule has 0 aliphatic carbocycles. The smallest absolute Gasteiger partial charge is 0.0899 e. The maximum atomic E-state index is 9.23. The predicted octanol–water partition coefficient (Wildman–Crippen LogP) is 5.79. The maximum Gasteiger partial charge on any atom is 0.0899 e. The molecule has 0 fully saturated rings. The molecular formula is C18H34O. The zero-order valence-corrected chi connectivity index (χ0v) is 12.9. The number of hydrogen-bond donors (Lipinski definition) is 1. The number of rotatable bonds is 14. The molecule has 0 aromatic carbocycles. The first-order chi connectivity index (χ1) is 9.31. The van der Waals surface area contributed by atoms with Crippen LogP contribution in [0.3, 0.4) is 0 Å². The Bertz CT molecular complexity index is 208. The normalized spacial score (nSPS) is 12.9. The summed E-state index contributed by atoms with van der Waals surface area (Å²) in [5.41, 5.74) is 0. The van der Waals surface area contributed by atoms with Gasteiger partial charge in [0.2, 0.25) is 0 Å². The SMILES string of the molecule is C=CC(O)/C=C/CCCCCCCCCCCCC. The molecule has 0 aliphatic rings. The van der Waals surface area contributed by atoms with Gasteiger partial charge >= 0.3 is 0 Å². The average Bonchev–Trinajstić information content (AvgIpc) is 2.43. The molecule has 1 N–H and O–H groups in total. The molecule has 1 nitrogen and oxygen atoms in total. The highest BCUT2D eigenvalue weighted by atomic mass is 16.3. The molecule has 0 radical (unpaired) electrons. The summed E-state index contributed by atoms with van der Waals surface area (Å²) in [6.07, 6.45) is 21.3. The van der Waals surface area contributed by atoms with E-state index in [9.17, 15) is 5.11 Å². The first-order valence-corrected chi connectivity index (χ1v) is 8.28. The van der Waals surface area contributed by atoms with E-state index < -0.39 is 6.10 Å². The Morgan fingerprint density at radius 3 is 1.79 bits per heavy atom. The fraction of sp³-hybridized carbons (Fsp3) is 0.778. The minimum absolute atomic E-state index is 0.465. The average molecular weight is 266 g/mol. The molecule has 0 aromatic rings. The van der Waals surface area contributed by atoms with Gasteiger partial charge in [0.1, 0.15) is 0 Å². The second-order valence-electron chi connectivity index (χ2n) is 5.48. The van der Waals surface area contributed by atoms with Gasteiger partial charge in [-0.2, -0.15) is 0 Å². The van der Waals surface area contributed by atoms with E-state index in [0.717, 1.165) is 6.42 Å². The minimum Gasteiger partial charge on any atom is -0.385 e. The van der Waals surface area contributed by atoms with Gasteiger partial charge in [-0.1, -0.05) is 89.4 Å². The van der Waals surface area contributed by atoms with Gasteiger partial charge in [0.15, 0.2) is 0 Å². The van der Waals surface area contributed by atoms with Gasteiger partial charge in [0.25, 0.3) is 0 Å². The van der Waals surface area contributed by atoms with Gasteiger partial charge in [-0.05, 0) is 12.8 Å². The Kier molecular flexibility index (Phi) is 15.0. The first kappa shape index (κ1) is 18.4. The van der Waals surface area contributed by atoms with Crippen LogP contribution in [0.25, 0.3) is 0 Å². The zero-order chi connectivity index (χ0) is 14.2. The summed E-state index contributed by atoms with van der Waals surface area (Å²) < 4.78 is 0. The molecule has 0 saturated carbocycles. The van der Waals surface area contributed by atoms with E-state index in [2.05, 4.69) is 19.6 Å². The van der Waals surface area contributed by atoms with E-state index in [4.69, 9.17) is 0 Å². The second kappa shape index (κ2) is 15.5. The molecule has 19 heavy (non-hydrogen) atoms. The number of unbranched alkanes of at least 4 members (excludes halogenated alkanes) is 11. The lowest BCUT2D eigenvalue weighted by atomic mass is 10.1. The summed E-state index contributed by atoms with van der Waals surface area (Å²) in [4.78, 5) is 0. The molecule has 0 spiro atoms. The van der Waals surface area contributed by atoms with Crippen LogP contribution in [0, 0.1) is 0 Å². The molecule has 0 rings (SSSR count). The Hall–Kier alpha value is -0.560. The molecule has 1 unspecified atom stereocenters. The van der Waals surface area contributed by atoms with Gasteiger partial charge in [0.05, 0.1) is 6.10 Å². The Balaban J connectivity index is 3.06. The van der Waals surface area contributed by atoms with Crippen LogP contribution >= 0.6 is 0 Å². The third-order valence-electron chi connectivity index (χ3n) is 3.55. The van der Waals surface area contributed by atoms with Crippen LogP contribution < -0.4 is 0 Å². The highest BCUT2D eigenvalue weighted by molar-refractivity contribution is 4.97. The molecule has 0 saturated heterocycles. The third-order valence-corrected chi connectivity index (χ3v) is 3.55. The van der Waals surface area contributed by atoms with Crippen LogP contribution in [0.5, 0.6) is 0 Å². The summed E-state index contributed by atoms with van der Waals surface area (Å²) >= 11 is 0. The lowest BCUT2D eigenvalue weighted by Gasteiger charge is -2.02. The number of aliphatic hydroxyl groups is 1. The van der Waals surface area contributed by atoms with Crippen LogP contribution in [-0.2, 0) is 0 Å².